The molecule has 0 aromatic carbocycles. The summed E-state index contributed by atoms with van der Waals surface area (Å²) in [5.74, 6) is -0.450. The molecule has 0 saturated carbocycles. The molecule has 1 N–H and O–H groups in total. The van der Waals surface area contributed by atoms with Crippen molar-refractivity contribution < 1.29 is 18.0 Å². The minimum Gasteiger partial charge on any atom is -0.341 e. The van der Waals surface area contributed by atoms with E-state index in [0.717, 1.165) is 0 Å². The Morgan fingerprint density at radius 3 is 2.67 bits per heavy atom. The number of carbonyl (C=O) groups excluding carboxylic acids is 2. The van der Waals surface area contributed by atoms with Crippen LogP contribution in [0.15, 0.2) is 34.4 Å². The van der Waals surface area contributed by atoms with Gasteiger partial charge in [-0.2, -0.15) is 0 Å². The fourth-order valence-electron chi connectivity index (χ4n) is 2.48. The maximum Gasteiger partial charge on any atom is 0.250 e. The number of likely N-dealkylation sites (tertiary alicyclic amines) is 1. The van der Waals surface area contributed by atoms with Crippen LogP contribution in [0.2, 0.25) is 0 Å². The van der Waals surface area contributed by atoms with Crippen molar-refractivity contribution in [2.24, 2.45) is 0 Å². The van der Waals surface area contributed by atoms with E-state index in [1.165, 1.54) is 22.3 Å². The van der Waals surface area contributed by atoms with Crippen molar-refractivity contribution in [1.82, 2.24) is 14.5 Å². The zero-order valence-electron chi connectivity index (χ0n) is 13.5. The zero-order valence-corrected chi connectivity index (χ0v) is 15.1. The van der Waals surface area contributed by atoms with Gasteiger partial charge < -0.3 is 9.80 Å². The molecule has 0 aliphatic carbocycles. The third-order valence-electron chi connectivity index (χ3n) is 3.85. The molecule has 9 heteroatoms. The Balaban J connectivity index is 1.84. The molecule has 0 atom stereocenters. The van der Waals surface area contributed by atoms with E-state index in [1.54, 1.807) is 29.5 Å². The first-order chi connectivity index (χ1) is 11.3. The lowest BCUT2D eigenvalue weighted by Crippen LogP contribution is -2.49. The second-order valence-corrected chi connectivity index (χ2v) is 8.50. The minimum atomic E-state index is -3.49. The van der Waals surface area contributed by atoms with Gasteiger partial charge in [0.1, 0.15) is 4.21 Å². The molecule has 1 aliphatic heterocycles. The van der Waals surface area contributed by atoms with E-state index < -0.39 is 10.0 Å². The highest BCUT2D eigenvalue weighted by Gasteiger charge is 2.27. The lowest BCUT2D eigenvalue weighted by molar-refractivity contribution is -0.138. The molecule has 1 aromatic heterocycles. The van der Waals surface area contributed by atoms with Gasteiger partial charge in [-0.15, -0.1) is 11.3 Å². The van der Waals surface area contributed by atoms with Crippen LogP contribution in [0.4, 0.5) is 0 Å². The highest BCUT2D eigenvalue weighted by Crippen LogP contribution is 2.18. The van der Waals surface area contributed by atoms with Gasteiger partial charge in [-0.05, 0) is 30.4 Å². The summed E-state index contributed by atoms with van der Waals surface area (Å²) in [6, 6.07) is 3.08. The fraction of sp³-hybridized carbons (Fsp3) is 0.467. The molecule has 2 amide bonds. The molecule has 24 heavy (non-hydrogen) atoms. The maximum atomic E-state index is 12.2. The molecular weight excluding hydrogens is 350 g/mol. The second-order valence-electron chi connectivity index (χ2n) is 5.61. The Kier molecular flexibility index (Phi) is 6.14. The van der Waals surface area contributed by atoms with Gasteiger partial charge in [0.15, 0.2) is 0 Å². The van der Waals surface area contributed by atoms with E-state index in [9.17, 15) is 18.0 Å². The van der Waals surface area contributed by atoms with Gasteiger partial charge in [-0.25, -0.2) is 13.1 Å². The first kappa shape index (κ1) is 18.6. The third-order valence-corrected chi connectivity index (χ3v) is 6.77. The highest BCUT2D eigenvalue weighted by atomic mass is 32.2. The lowest BCUT2D eigenvalue weighted by atomic mass is 10.1. The summed E-state index contributed by atoms with van der Waals surface area (Å²) in [5, 5.41) is 1.72. The fourth-order valence-corrected chi connectivity index (χ4v) is 4.79. The summed E-state index contributed by atoms with van der Waals surface area (Å²) in [4.78, 5) is 26.5. The van der Waals surface area contributed by atoms with Crippen molar-refractivity contribution >= 4 is 33.2 Å². The molecule has 0 spiro atoms. The molecule has 1 saturated heterocycles. The highest BCUT2D eigenvalue weighted by molar-refractivity contribution is 7.91. The molecule has 0 bridgehead atoms. The number of likely N-dealkylation sites (N-methyl/N-ethyl adjacent to an activating group) is 1. The van der Waals surface area contributed by atoms with Crippen LogP contribution in [0, 0.1) is 0 Å². The van der Waals surface area contributed by atoms with Gasteiger partial charge in [0.2, 0.25) is 21.8 Å². The number of piperidine rings is 1. The Morgan fingerprint density at radius 1 is 1.46 bits per heavy atom. The van der Waals surface area contributed by atoms with Gasteiger partial charge in [0.05, 0.1) is 6.54 Å². The van der Waals surface area contributed by atoms with Crippen molar-refractivity contribution in [2.75, 3.05) is 26.7 Å². The number of hydrogen-bond donors (Lipinski definition) is 1. The second kappa shape index (κ2) is 7.91. The van der Waals surface area contributed by atoms with Crippen molar-refractivity contribution in [3.63, 3.8) is 0 Å². The number of hydrogen-bond acceptors (Lipinski definition) is 5. The molecule has 1 aromatic rings. The van der Waals surface area contributed by atoms with Crippen molar-refractivity contribution in [3.05, 3.63) is 30.2 Å². The number of thiophene rings is 1. The van der Waals surface area contributed by atoms with Crippen LogP contribution in [0.25, 0.3) is 0 Å². The van der Waals surface area contributed by atoms with Crippen molar-refractivity contribution in [1.29, 1.82) is 0 Å². The van der Waals surface area contributed by atoms with E-state index >= 15 is 0 Å². The first-order valence-electron chi connectivity index (χ1n) is 7.54. The Bertz CT molecular complexity index is 692. The molecule has 132 valence electrons. The van der Waals surface area contributed by atoms with Gasteiger partial charge in [-0.3, -0.25) is 9.59 Å². The number of nitrogens with one attached hydrogen (secondary N) is 1. The topological polar surface area (TPSA) is 86.8 Å². The number of rotatable bonds is 6. The Labute approximate surface area is 146 Å². The van der Waals surface area contributed by atoms with E-state index in [1.807, 2.05) is 0 Å². The summed E-state index contributed by atoms with van der Waals surface area (Å²) in [6.07, 6.45) is 2.27. The predicted octanol–water partition coefficient (Wildman–Crippen LogP) is 0.662. The summed E-state index contributed by atoms with van der Waals surface area (Å²) in [5.41, 5.74) is 0. The lowest BCUT2D eigenvalue weighted by Gasteiger charge is -2.33. The van der Waals surface area contributed by atoms with Gasteiger partial charge in [0, 0.05) is 26.2 Å². The standard InChI is InChI=1S/C15H21N3O4S2/c1-3-13(19)17(2)11-14(20)18-8-6-12(7-9-18)16-24(21,22)15-5-4-10-23-15/h3-5,10,12,16H,1,6-9,11H2,2H3. The number of amides is 2. The Morgan fingerprint density at radius 2 is 2.12 bits per heavy atom. The summed E-state index contributed by atoms with van der Waals surface area (Å²) >= 11 is 1.18. The van der Waals surface area contributed by atoms with E-state index in [4.69, 9.17) is 0 Å². The average Bonchev–Trinajstić information content (AvgIpc) is 3.09. The quantitative estimate of drug-likeness (QED) is 0.745. The number of sulfonamides is 1. The smallest absolute Gasteiger partial charge is 0.250 e. The van der Waals surface area contributed by atoms with Crippen LogP contribution in [0.3, 0.4) is 0 Å². The molecule has 2 rings (SSSR count). The molecule has 0 radical (unpaired) electrons. The van der Waals surface area contributed by atoms with Crippen LogP contribution in [-0.2, 0) is 19.6 Å². The Hall–Kier alpha value is -1.71. The number of carbonyl (C=O) groups is 2. The maximum absolute atomic E-state index is 12.2. The van der Waals surface area contributed by atoms with Gasteiger partial charge in [-0.1, -0.05) is 12.6 Å². The summed E-state index contributed by atoms with van der Waals surface area (Å²) in [7, 11) is -1.94. The van der Waals surface area contributed by atoms with E-state index in [2.05, 4.69) is 11.3 Å². The van der Waals surface area contributed by atoms with Gasteiger partial charge in [0.25, 0.3) is 0 Å². The van der Waals surface area contributed by atoms with Crippen molar-refractivity contribution in [2.45, 2.75) is 23.1 Å². The minimum absolute atomic E-state index is 0.00353. The summed E-state index contributed by atoms with van der Waals surface area (Å²) < 4.78 is 27.4. The molecule has 7 nitrogen and oxygen atoms in total. The molecule has 2 heterocycles. The van der Waals surface area contributed by atoms with Crippen LogP contribution in [0.1, 0.15) is 12.8 Å². The first-order valence-corrected chi connectivity index (χ1v) is 9.91. The average molecular weight is 371 g/mol. The van der Waals surface area contributed by atoms with Gasteiger partial charge >= 0.3 is 0 Å². The van der Waals surface area contributed by atoms with E-state index in [0.29, 0.717) is 30.1 Å². The largest absolute Gasteiger partial charge is 0.341 e. The van der Waals surface area contributed by atoms with Crippen LogP contribution >= 0.6 is 11.3 Å². The molecule has 0 unspecified atom stereocenters. The predicted molar refractivity (Wildman–Crippen MR) is 92.1 cm³/mol. The third kappa shape index (κ3) is 4.65. The normalized spacial score (nSPS) is 16.0. The van der Waals surface area contributed by atoms with E-state index in [-0.39, 0.29) is 24.4 Å². The van der Waals surface area contributed by atoms with Crippen LogP contribution < -0.4 is 4.72 Å². The van der Waals surface area contributed by atoms with Crippen LogP contribution in [-0.4, -0.2) is 62.8 Å². The molecule has 1 aliphatic rings. The molecule has 1 fully saturated rings. The SMILES string of the molecule is C=CC(=O)N(C)CC(=O)N1CCC(NS(=O)(=O)c2cccs2)CC1. The zero-order chi connectivity index (χ0) is 17.7. The summed E-state index contributed by atoms with van der Waals surface area (Å²) in [6.45, 7) is 4.31. The van der Waals surface area contributed by atoms with Crippen LogP contribution in [0.5, 0.6) is 0 Å². The van der Waals surface area contributed by atoms with Crippen molar-refractivity contribution in [3.8, 4) is 0 Å². The monoisotopic (exact) mass is 371 g/mol. The molecular formula is C15H21N3O4S2. The number of nitrogens with zero attached hydrogens (tertiary/aromatic N) is 2.